The summed E-state index contributed by atoms with van der Waals surface area (Å²) in [5.74, 6) is 2.14. The van der Waals surface area contributed by atoms with Gasteiger partial charge in [-0.3, -0.25) is 4.90 Å². The molecule has 2 aliphatic heterocycles. The third kappa shape index (κ3) is 4.00. The van der Waals surface area contributed by atoms with E-state index < -0.39 is 5.97 Å². The molecular formula is C31H35N3O2S. The Morgan fingerprint density at radius 2 is 1.78 bits per heavy atom. The molecule has 4 aromatic rings. The van der Waals surface area contributed by atoms with Gasteiger partial charge in [-0.05, 0) is 48.4 Å². The molecular weight excluding hydrogens is 478 g/mol. The van der Waals surface area contributed by atoms with Crippen molar-refractivity contribution in [3.05, 3.63) is 59.3 Å². The Morgan fingerprint density at radius 3 is 2.59 bits per heavy atom. The first-order valence-electron chi connectivity index (χ1n) is 14.0. The first-order chi connectivity index (χ1) is 18.2. The number of benzene rings is 2. The molecule has 7 rings (SSSR count). The van der Waals surface area contributed by atoms with Crippen LogP contribution in [0.4, 0.5) is 0 Å². The lowest BCUT2D eigenvalue weighted by atomic mass is 9.81. The average molecular weight is 514 g/mol. The zero-order valence-electron chi connectivity index (χ0n) is 21.4. The van der Waals surface area contributed by atoms with Crippen LogP contribution in [-0.4, -0.2) is 49.7 Å². The van der Waals surface area contributed by atoms with E-state index in [4.69, 9.17) is 0 Å². The number of carboxylic acid groups (broad SMARTS) is 1. The Balaban J connectivity index is 1.47. The summed E-state index contributed by atoms with van der Waals surface area (Å²) in [4.78, 5) is 14.5. The standard InChI is InChI=1S/C31H35N3O2S/c35-31(36)22-10-11-25-27(18-22)34-13-5-12-33-20-23(19-32-14-16-37-17-15-32)24-8-4-9-26(29(24)33)30(34)28(25)21-6-2-1-3-7-21/h4,8-11,18,20-21H,1-3,5-7,12-17,19H2,(H,35,36). The lowest BCUT2D eigenvalue weighted by molar-refractivity contribution is 0.0697. The fraction of sp³-hybridized carbons (Fsp3) is 0.452. The topological polar surface area (TPSA) is 50.4 Å². The van der Waals surface area contributed by atoms with Crippen LogP contribution in [-0.2, 0) is 19.6 Å². The van der Waals surface area contributed by atoms with Gasteiger partial charge in [-0.2, -0.15) is 11.8 Å². The smallest absolute Gasteiger partial charge is 0.335 e. The van der Waals surface area contributed by atoms with Crippen LogP contribution in [0.5, 0.6) is 0 Å². The molecule has 1 saturated heterocycles. The lowest BCUT2D eigenvalue weighted by Gasteiger charge is -2.26. The van der Waals surface area contributed by atoms with E-state index in [0.29, 0.717) is 11.5 Å². The minimum atomic E-state index is -0.848. The van der Waals surface area contributed by atoms with Gasteiger partial charge in [0.05, 0.1) is 16.8 Å². The zero-order valence-corrected chi connectivity index (χ0v) is 22.2. The number of carbonyl (C=O) groups is 1. The number of nitrogens with zero attached hydrogens (tertiary/aromatic N) is 3. The van der Waals surface area contributed by atoms with Crippen LogP contribution in [0.15, 0.2) is 42.6 Å². The van der Waals surface area contributed by atoms with E-state index in [1.807, 2.05) is 12.1 Å². The van der Waals surface area contributed by atoms with Gasteiger partial charge in [0.15, 0.2) is 0 Å². The van der Waals surface area contributed by atoms with Gasteiger partial charge in [0.1, 0.15) is 0 Å². The molecule has 0 spiro atoms. The quantitative estimate of drug-likeness (QED) is 0.320. The second kappa shape index (κ2) is 9.55. The van der Waals surface area contributed by atoms with Crippen LogP contribution in [0, 0.1) is 0 Å². The molecule has 1 saturated carbocycles. The summed E-state index contributed by atoms with van der Waals surface area (Å²) < 4.78 is 4.99. The van der Waals surface area contributed by atoms with Crippen molar-refractivity contribution in [2.75, 3.05) is 24.6 Å². The summed E-state index contributed by atoms with van der Waals surface area (Å²) in [6.07, 6.45) is 9.80. The van der Waals surface area contributed by atoms with Gasteiger partial charge in [0.25, 0.3) is 0 Å². The highest BCUT2D eigenvalue weighted by Gasteiger charge is 2.29. The summed E-state index contributed by atoms with van der Waals surface area (Å²) in [6, 6.07) is 12.7. The molecule has 3 aliphatic rings. The molecule has 0 radical (unpaired) electrons. The Hall–Kier alpha value is -2.70. The van der Waals surface area contributed by atoms with Crippen molar-refractivity contribution < 1.29 is 9.90 Å². The molecule has 2 fully saturated rings. The predicted molar refractivity (Wildman–Crippen MR) is 153 cm³/mol. The average Bonchev–Trinajstić information content (AvgIpc) is 3.43. The summed E-state index contributed by atoms with van der Waals surface area (Å²) in [6.45, 7) is 5.26. The normalized spacial score (nSPS) is 19.1. The molecule has 6 heteroatoms. The maximum Gasteiger partial charge on any atom is 0.335 e. The first kappa shape index (κ1) is 23.4. The minimum Gasteiger partial charge on any atom is -0.478 e. The number of carboxylic acids is 1. The van der Waals surface area contributed by atoms with Gasteiger partial charge < -0.3 is 14.2 Å². The molecule has 0 bridgehead atoms. The van der Waals surface area contributed by atoms with Crippen molar-refractivity contribution in [3.8, 4) is 11.3 Å². The van der Waals surface area contributed by atoms with Crippen LogP contribution in [0.3, 0.4) is 0 Å². The van der Waals surface area contributed by atoms with Gasteiger partial charge in [-0.15, -0.1) is 0 Å². The number of hydrogen-bond acceptors (Lipinski definition) is 3. The Bertz CT molecular complexity index is 1490. The maximum atomic E-state index is 11.9. The van der Waals surface area contributed by atoms with Crippen LogP contribution < -0.4 is 0 Å². The molecule has 1 aliphatic carbocycles. The number of rotatable bonds is 4. The molecule has 1 N–H and O–H groups in total. The number of aromatic nitrogens is 2. The monoisotopic (exact) mass is 513 g/mol. The predicted octanol–water partition coefficient (Wildman–Crippen LogP) is 6.96. The second-order valence-electron chi connectivity index (χ2n) is 11.1. The third-order valence-electron chi connectivity index (χ3n) is 8.88. The fourth-order valence-corrected chi connectivity index (χ4v) is 8.14. The SMILES string of the molecule is O=C(O)c1ccc2c(C3CCCCC3)c3n(c2c1)CCCn1cc(CN2CCSCC2)c2cccc-3c21. The first-order valence-corrected chi connectivity index (χ1v) is 15.1. The van der Waals surface area contributed by atoms with Crippen molar-refractivity contribution in [2.24, 2.45) is 0 Å². The number of fused-ring (bicyclic) bond motifs is 4. The molecule has 5 nitrogen and oxygen atoms in total. The summed E-state index contributed by atoms with van der Waals surface area (Å²) in [7, 11) is 0. The molecule has 0 atom stereocenters. The summed E-state index contributed by atoms with van der Waals surface area (Å²) in [5, 5.41) is 12.4. The molecule has 192 valence electrons. The van der Waals surface area contributed by atoms with Crippen LogP contribution >= 0.6 is 11.8 Å². The minimum absolute atomic E-state index is 0.383. The van der Waals surface area contributed by atoms with E-state index in [2.05, 4.69) is 56.3 Å². The lowest BCUT2D eigenvalue weighted by Crippen LogP contribution is -2.31. The van der Waals surface area contributed by atoms with Gasteiger partial charge >= 0.3 is 5.97 Å². The number of hydrogen-bond donors (Lipinski definition) is 1. The van der Waals surface area contributed by atoms with E-state index in [0.717, 1.165) is 31.6 Å². The van der Waals surface area contributed by atoms with Crippen molar-refractivity contribution in [2.45, 2.75) is 64.1 Å². The van der Waals surface area contributed by atoms with E-state index >= 15 is 0 Å². The zero-order chi connectivity index (χ0) is 24.9. The highest BCUT2D eigenvalue weighted by molar-refractivity contribution is 7.99. The van der Waals surface area contributed by atoms with Gasteiger partial charge in [-0.1, -0.05) is 43.5 Å². The Labute approximate surface area is 222 Å². The van der Waals surface area contributed by atoms with Crippen molar-refractivity contribution >= 4 is 39.5 Å². The highest BCUT2D eigenvalue weighted by atomic mass is 32.2. The molecule has 2 aromatic heterocycles. The number of aryl methyl sites for hydroxylation is 2. The summed E-state index contributed by atoms with van der Waals surface area (Å²) >= 11 is 2.07. The Morgan fingerprint density at radius 1 is 0.946 bits per heavy atom. The Kier molecular flexibility index (Phi) is 6.05. The van der Waals surface area contributed by atoms with Gasteiger partial charge in [-0.25, -0.2) is 4.79 Å². The van der Waals surface area contributed by atoms with E-state index in [1.54, 1.807) is 0 Å². The third-order valence-corrected chi connectivity index (χ3v) is 9.82. The molecule has 0 unspecified atom stereocenters. The maximum absolute atomic E-state index is 11.9. The van der Waals surface area contributed by atoms with E-state index in [1.165, 1.54) is 95.4 Å². The van der Waals surface area contributed by atoms with Crippen molar-refractivity contribution in [1.29, 1.82) is 0 Å². The molecule has 4 heterocycles. The summed E-state index contributed by atoms with van der Waals surface area (Å²) in [5.41, 5.74) is 8.42. The number of para-hydroxylation sites is 1. The highest BCUT2D eigenvalue weighted by Crippen LogP contribution is 2.47. The molecule has 0 amide bonds. The van der Waals surface area contributed by atoms with Crippen molar-refractivity contribution in [3.63, 3.8) is 0 Å². The van der Waals surface area contributed by atoms with E-state index in [9.17, 15) is 9.90 Å². The largest absolute Gasteiger partial charge is 0.478 e. The van der Waals surface area contributed by atoms with Gasteiger partial charge in [0.2, 0.25) is 0 Å². The number of aromatic carboxylic acids is 1. The fourth-order valence-electron chi connectivity index (χ4n) is 7.16. The van der Waals surface area contributed by atoms with E-state index in [-0.39, 0.29) is 0 Å². The second-order valence-corrected chi connectivity index (χ2v) is 12.3. The van der Waals surface area contributed by atoms with Crippen LogP contribution in [0.2, 0.25) is 0 Å². The number of thioether (sulfide) groups is 1. The molecule has 37 heavy (non-hydrogen) atoms. The van der Waals surface area contributed by atoms with Crippen molar-refractivity contribution in [1.82, 2.24) is 14.0 Å². The van der Waals surface area contributed by atoms with Crippen LogP contribution in [0.1, 0.15) is 65.9 Å². The van der Waals surface area contributed by atoms with Crippen LogP contribution in [0.25, 0.3) is 33.1 Å². The molecule has 2 aromatic carbocycles. The van der Waals surface area contributed by atoms with Gasteiger partial charge in [0, 0.05) is 72.3 Å².